The van der Waals surface area contributed by atoms with Crippen LogP contribution in [0.4, 0.5) is 5.69 Å². The van der Waals surface area contributed by atoms with Gasteiger partial charge in [-0.3, -0.25) is 19.2 Å². The number of nitrogens with one attached hydrogen (secondary N) is 1. The number of aliphatic hydroxyl groups is 3. The number of anilines is 1. The van der Waals surface area contributed by atoms with E-state index in [2.05, 4.69) is 17.2 Å². The first-order valence-electron chi connectivity index (χ1n) is 13.2. The van der Waals surface area contributed by atoms with Crippen LogP contribution in [0.3, 0.4) is 0 Å². The van der Waals surface area contributed by atoms with E-state index in [0.717, 1.165) is 0 Å². The molecular formula is C31H29N3O8. The Hall–Kier alpha value is -4.92. The van der Waals surface area contributed by atoms with E-state index in [1.807, 2.05) is 0 Å². The second-order valence-corrected chi connectivity index (χ2v) is 11.0. The molecular weight excluding hydrogens is 542 g/mol. The molecule has 3 atom stereocenters. The minimum absolute atomic E-state index is 0.0342. The van der Waals surface area contributed by atoms with Gasteiger partial charge < -0.3 is 36.4 Å². The smallest absolute Gasteiger partial charge is 0.255 e. The molecule has 1 unspecified atom stereocenters. The van der Waals surface area contributed by atoms with Crippen molar-refractivity contribution in [2.75, 3.05) is 26.0 Å². The number of phenols is 1. The summed E-state index contributed by atoms with van der Waals surface area (Å²) in [5.41, 5.74) is 3.65. The quantitative estimate of drug-likeness (QED) is 0.233. The number of Topliss-reactive ketones (excluding diaryl/α,β-unsaturated/α-hetero) is 2. The third-order valence-electron chi connectivity index (χ3n) is 7.92. The van der Waals surface area contributed by atoms with Gasteiger partial charge in [0.1, 0.15) is 22.8 Å². The number of aliphatic hydroxyl groups excluding tert-OH is 2. The molecule has 7 N–H and O–H groups in total. The average molecular weight is 572 g/mol. The summed E-state index contributed by atoms with van der Waals surface area (Å²) in [7, 11) is 3.59. The van der Waals surface area contributed by atoms with Gasteiger partial charge in [-0.1, -0.05) is 11.8 Å². The highest BCUT2D eigenvalue weighted by molar-refractivity contribution is 6.24. The Morgan fingerprint density at radius 2 is 1.74 bits per heavy atom. The van der Waals surface area contributed by atoms with Crippen molar-refractivity contribution in [1.82, 2.24) is 4.90 Å². The van der Waals surface area contributed by atoms with Crippen molar-refractivity contribution in [2.45, 2.75) is 24.9 Å². The number of hydrogen-bond donors (Lipinski definition) is 6. The number of likely N-dealkylation sites (N-methyl/N-ethyl adjacent to an activating group) is 1. The van der Waals surface area contributed by atoms with Crippen molar-refractivity contribution < 1.29 is 39.6 Å². The Morgan fingerprint density at radius 3 is 2.38 bits per heavy atom. The van der Waals surface area contributed by atoms with E-state index in [1.165, 1.54) is 6.07 Å². The summed E-state index contributed by atoms with van der Waals surface area (Å²) in [6.07, 6.45) is -0.107. The van der Waals surface area contributed by atoms with E-state index >= 15 is 0 Å². The molecule has 0 radical (unpaired) electrons. The molecule has 0 saturated carbocycles. The van der Waals surface area contributed by atoms with Crippen LogP contribution in [0.1, 0.15) is 39.9 Å². The first-order valence-corrected chi connectivity index (χ1v) is 13.2. The highest BCUT2D eigenvalue weighted by Gasteiger charge is 2.59. The zero-order chi connectivity index (χ0) is 30.5. The predicted molar refractivity (Wildman–Crippen MR) is 150 cm³/mol. The number of phenolic OH excluding ortho intramolecular Hbond substituents is 1. The van der Waals surface area contributed by atoms with Crippen LogP contribution >= 0.6 is 0 Å². The van der Waals surface area contributed by atoms with Gasteiger partial charge in [0.25, 0.3) is 5.91 Å². The number of hydrogen-bond acceptors (Lipinski definition) is 9. The van der Waals surface area contributed by atoms with Crippen molar-refractivity contribution in [1.29, 1.82) is 0 Å². The molecule has 11 nitrogen and oxygen atoms in total. The minimum atomic E-state index is -2.61. The molecule has 2 aromatic rings. The summed E-state index contributed by atoms with van der Waals surface area (Å²) in [5.74, 6) is -0.874. The van der Waals surface area contributed by atoms with Gasteiger partial charge in [-0.15, -0.1) is 0 Å². The summed E-state index contributed by atoms with van der Waals surface area (Å²) in [4.78, 5) is 52.3. The average Bonchev–Trinajstić information content (AvgIpc) is 2.90. The van der Waals surface area contributed by atoms with Crippen LogP contribution in [0.15, 0.2) is 59.1 Å². The lowest BCUT2D eigenvalue weighted by Crippen LogP contribution is -2.57. The molecule has 0 heterocycles. The van der Waals surface area contributed by atoms with Gasteiger partial charge in [-0.2, -0.15) is 0 Å². The summed E-state index contributed by atoms with van der Waals surface area (Å²) in [5, 5.41) is 46.2. The number of benzene rings is 2. The van der Waals surface area contributed by atoms with E-state index in [9.17, 15) is 39.6 Å². The highest BCUT2D eigenvalue weighted by Crippen LogP contribution is 2.51. The number of aromatic hydroxyl groups is 1. The number of allylic oxidation sites excluding steroid dienone is 2. The van der Waals surface area contributed by atoms with Crippen molar-refractivity contribution in [3.63, 3.8) is 0 Å². The largest absolute Gasteiger partial charge is 0.511 e. The molecule has 2 amide bonds. The van der Waals surface area contributed by atoms with E-state index in [4.69, 9.17) is 5.73 Å². The monoisotopic (exact) mass is 571 g/mol. The van der Waals surface area contributed by atoms with Crippen LogP contribution < -0.4 is 11.1 Å². The summed E-state index contributed by atoms with van der Waals surface area (Å²) in [6, 6.07) is 9.79. The molecule has 0 aromatic heterocycles. The third-order valence-corrected chi connectivity index (χ3v) is 7.92. The van der Waals surface area contributed by atoms with E-state index < -0.39 is 52.0 Å². The van der Waals surface area contributed by atoms with Gasteiger partial charge in [-0.25, -0.2) is 0 Å². The minimum Gasteiger partial charge on any atom is -0.511 e. The highest BCUT2D eigenvalue weighted by atomic mass is 16.3. The molecule has 11 heteroatoms. The van der Waals surface area contributed by atoms with Gasteiger partial charge in [0.15, 0.2) is 11.4 Å². The fraction of sp³-hybridized carbons (Fsp3) is 0.290. The number of ketones is 2. The summed E-state index contributed by atoms with van der Waals surface area (Å²) >= 11 is 0. The number of nitrogens with zero attached hydrogens (tertiary/aromatic N) is 1. The molecule has 0 aliphatic heterocycles. The van der Waals surface area contributed by atoms with Crippen molar-refractivity contribution in [3.8, 4) is 17.6 Å². The van der Waals surface area contributed by atoms with Gasteiger partial charge in [0, 0.05) is 34.7 Å². The molecule has 0 spiro atoms. The van der Waals surface area contributed by atoms with Crippen LogP contribution in [0.2, 0.25) is 0 Å². The first-order chi connectivity index (χ1) is 19.8. The predicted octanol–water partition coefficient (Wildman–Crippen LogP) is 1.48. The number of nitrogens with two attached hydrogens (primary N) is 1. The number of rotatable bonds is 4. The van der Waals surface area contributed by atoms with Crippen LogP contribution in [0, 0.1) is 23.7 Å². The van der Waals surface area contributed by atoms with Crippen molar-refractivity contribution >= 4 is 29.1 Å². The standard InChI is InChI=1S/C31H29N3O8/c1-34(2)14-23(37)33-19-8-4-15(5-9-19)3-6-16-7-10-21(35)25-20(16)12-17-11-18-13-22(36)26(30(32)41)29(40)31(18,42)28(39)24(17)27(25)38/h4-5,7-10,17-18,35-36,39,42H,11-14H2,1-2H3,(H2,32,41)(H,33,37)/t17?,18-,31-/m0/s1. The number of amides is 2. The fourth-order valence-corrected chi connectivity index (χ4v) is 6.00. The zero-order valence-corrected chi connectivity index (χ0v) is 22.9. The van der Waals surface area contributed by atoms with Crippen molar-refractivity contribution in [3.05, 3.63) is 81.3 Å². The van der Waals surface area contributed by atoms with Crippen molar-refractivity contribution in [2.24, 2.45) is 17.6 Å². The lowest BCUT2D eigenvalue weighted by molar-refractivity contribution is -0.144. The molecule has 5 rings (SSSR count). The Balaban J connectivity index is 1.48. The summed E-state index contributed by atoms with van der Waals surface area (Å²) in [6.45, 7) is 0.241. The van der Waals surface area contributed by atoms with Gasteiger partial charge in [0.2, 0.25) is 11.7 Å². The fourth-order valence-electron chi connectivity index (χ4n) is 6.00. The maximum atomic E-state index is 13.7. The van der Waals surface area contributed by atoms with Gasteiger partial charge in [0.05, 0.1) is 12.1 Å². The van der Waals surface area contributed by atoms with Gasteiger partial charge in [-0.05, 0) is 74.8 Å². The third kappa shape index (κ3) is 4.70. The molecule has 3 aliphatic rings. The Morgan fingerprint density at radius 1 is 1.05 bits per heavy atom. The Labute approximate surface area is 240 Å². The molecule has 42 heavy (non-hydrogen) atoms. The van der Waals surface area contributed by atoms with E-state index in [-0.39, 0.29) is 48.6 Å². The maximum Gasteiger partial charge on any atom is 0.255 e. The van der Waals surface area contributed by atoms with Gasteiger partial charge >= 0.3 is 0 Å². The van der Waals surface area contributed by atoms with Crippen LogP contribution in [0.5, 0.6) is 5.75 Å². The van der Waals surface area contributed by atoms with Crippen LogP contribution in [0.25, 0.3) is 0 Å². The molecule has 0 saturated heterocycles. The Kier molecular flexibility index (Phi) is 7.14. The Bertz CT molecular complexity index is 1680. The molecule has 2 aromatic carbocycles. The normalized spacial score (nSPS) is 23.0. The lowest BCUT2D eigenvalue weighted by atomic mass is 9.60. The molecule has 216 valence electrons. The molecule has 0 fully saturated rings. The van der Waals surface area contributed by atoms with Crippen LogP contribution in [-0.2, 0) is 20.8 Å². The van der Waals surface area contributed by atoms with E-state index in [0.29, 0.717) is 22.4 Å². The number of carbonyl (C=O) groups is 4. The summed E-state index contributed by atoms with van der Waals surface area (Å²) < 4.78 is 0. The van der Waals surface area contributed by atoms with E-state index in [1.54, 1.807) is 49.3 Å². The SMILES string of the molecule is CN(C)CC(=O)Nc1ccc(C#Cc2ccc(O)c3c2CC2C[C@H]4CC(O)=C(C(N)=O)C(=O)[C@@]4(O)C(O)=C2C3=O)cc1. The lowest BCUT2D eigenvalue weighted by Gasteiger charge is -2.45. The first kappa shape index (κ1) is 28.6. The topological polar surface area (TPSA) is 190 Å². The number of carbonyl (C=O) groups excluding carboxylic acids is 4. The zero-order valence-electron chi connectivity index (χ0n) is 22.9. The number of fused-ring (bicyclic) bond motifs is 3. The number of primary amides is 1. The second kappa shape index (κ2) is 10.5. The molecule has 3 aliphatic carbocycles. The molecule has 0 bridgehead atoms. The van der Waals surface area contributed by atoms with Crippen LogP contribution in [-0.4, -0.2) is 74.9 Å². The maximum absolute atomic E-state index is 13.7. The second-order valence-electron chi connectivity index (χ2n) is 11.0.